The van der Waals surface area contributed by atoms with Gasteiger partial charge in [0.15, 0.2) is 0 Å². The Balaban J connectivity index is 1.74. The van der Waals surface area contributed by atoms with Crippen LogP contribution in [0.5, 0.6) is 5.75 Å². The number of aromatic nitrogens is 2. The molecule has 148 valence electrons. The molecular weight excluding hydrogens is 342 g/mol. The summed E-state index contributed by atoms with van der Waals surface area (Å²) in [4.78, 5) is 15.0. The maximum absolute atomic E-state index is 11.1. The number of unbranched alkanes of at least 4 members (excludes halogenated alkanes) is 3. The molecule has 1 aromatic carbocycles. The van der Waals surface area contributed by atoms with Crippen molar-refractivity contribution in [2.24, 2.45) is 5.73 Å². The van der Waals surface area contributed by atoms with Gasteiger partial charge in [-0.3, -0.25) is 4.79 Å². The molecule has 0 radical (unpaired) electrons. The van der Waals surface area contributed by atoms with E-state index in [1.807, 2.05) is 18.2 Å². The van der Waals surface area contributed by atoms with E-state index >= 15 is 0 Å². The topological polar surface area (TPSA) is 90.4 Å². The lowest BCUT2D eigenvalue weighted by atomic mass is 10.0. The normalized spacial score (nSPS) is 12.1. The lowest BCUT2D eigenvalue weighted by molar-refractivity contribution is 0.0995. The summed E-state index contributed by atoms with van der Waals surface area (Å²) in [6.07, 6.45) is 9.72. The molecule has 1 amide bonds. The van der Waals surface area contributed by atoms with Crippen LogP contribution in [0.25, 0.3) is 0 Å². The molecule has 27 heavy (non-hydrogen) atoms. The molecule has 0 aliphatic carbocycles. The summed E-state index contributed by atoms with van der Waals surface area (Å²) < 4.78 is 7.64. The van der Waals surface area contributed by atoms with Gasteiger partial charge in [-0.05, 0) is 37.3 Å². The van der Waals surface area contributed by atoms with Crippen molar-refractivity contribution in [3.8, 4) is 5.75 Å². The number of nitrogens with two attached hydrogens (primary N) is 1. The summed E-state index contributed by atoms with van der Waals surface area (Å²) in [5, 5.41) is 10.2. The van der Waals surface area contributed by atoms with Crippen molar-refractivity contribution >= 4 is 5.91 Å². The Bertz CT molecular complexity index is 699. The Hall–Kier alpha value is -2.34. The minimum absolute atomic E-state index is 0.215. The molecule has 3 N–H and O–H groups in total. The number of aliphatic hydroxyl groups is 1. The Labute approximate surface area is 161 Å². The highest BCUT2D eigenvalue weighted by molar-refractivity contribution is 5.90. The van der Waals surface area contributed by atoms with Gasteiger partial charge in [-0.25, -0.2) is 4.98 Å². The van der Waals surface area contributed by atoms with Crippen LogP contribution in [-0.4, -0.2) is 33.3 Å². The van der Waals surface area contributed by atoms with E-state index < -0.39 is 12.0 Å². The van der Waals surface area contributed by atoms with Crippen molar-refractivity contribution in [3.63, 3.8) is 0 Å². The lowest BCUT2D eigenvalue weighted by Crippen LogP contribution is -2.15. The van der Waals surface area contributed by atoms with Crippen molar-refractivity contribution in [1.82, 2.24) is 9.55 Å². The molecular formula is C21H31N3O3. The molecule has 0 bridgehead atoms. The van der Waals surface area contributed by atoms with Gasteiger partial charge in [-0.1, -0.05) is 44.4 Å². The van der Waals surface area contributed by atoms with Crippen LogP contribution in [0, 0.1) is 0 Å². The van der Waals surface area contributed by atoms with Gasteiger partial charge >= 0.3 is 0 Å². The Morgan fingerprint density at radius 1 is 1.26 bits per heavy atom. The molecule has 0 saturated carbocycles. The van der Waals surface area contributed by atoms with Crippen LogP contribution in [0.2, 0.25) is 0 Å². The Morgan fingerprint density at radius 2 is 2.07 bits per heavy atom. The smallest absolute Gasteiger partial charge is 0.268 e. The zero-order valence-corrected chi connectivity index (χ0v) is 16.1. The van der Waals surface area contributed by atoms with Crippen LogP contribution >= 0.6 is 0 Å². The second-order valence-electron chi connectivity index (χ2n) is 6.88. The first-order chi connectivity index (χ1) is 13.1. The van der Waals surface area contributed by atoms with E-state index in [1.165, 1.54) is 31.2 Å². The zero-order chi connectivity index (χ0) is 19.5. The predicted molar refractivity (Wildman–Crippen MR) is 106 cm³/mol. The number of primary amides is 1. The average Bonchev–Trinajstić information content (AvgIpc) is 3.11. The third-order valence-corrected chi connectivity index (χ3v) is 4.52. The number of carbonyl (C=O) groups excluding carboxylic acids is 1. The van der Waals surface area contributed by atoms with Crippen LogP contribution in [-0.2, 0) is 13.0 Å². The molecule has 1 atom stereocenters. The van der Waals surface area contributed by atoms with E-state index in [2.05, 4.69) is 18.0 Å². The van der Waals surface area contributed by atoms with E-state index in [9.17, 15) is 9.90 Å². The van der Waals surface area contributed by atoms with Crippen molar-refractivity contribution in [3.05, 3.63) is 48.0 Å². The maximum atomic E-state index is 11.1. The molecule has 0 spiro atoms. The highest BCUT2D eigenvalue weighted by atomic mass is 16.5. The van der Waals surface area contributed by atoms with Gasteiger partial charge in [0.25, 0.3) is 5.91 Å². The molecule has 0 saturated heterocycles. The summed E-state index contributed by atoms with van der Waals surface area (Å²) in [6.45, 7) is 3.35. The lowest BCUT2D eigenvalue weighted by Gasteiger charge is -2.13. The number of hydrogen-bond acceptors (Lipinski definition) is 4. The second kappa shape index (κ2) is 11.4. The van der Waals surface area contributed by atoms with Crippen LogP contribution in [0.4, 0.5) is 0 Å². The summed E-state index contributed by atoms with van der Waals surface area (Å²) in [7, 11) is 0. The van der Waals surface area contributed by atoms with E-state index in [0.29, 0.717) is 13.0 Å². The van der Waals surface area contributed by atoms with Crippen LogP contribution < -0.4 is 10.5 Å². The Morgan fingerprint density at radius 3 is 2.81 bits per heavy atom. The fraction of sp³-hybridized carbons (Fsp3) is 0.524. The van der Waals surface area contributed by atoms with Crippen LogP contribution in [0.15, 0.2) is 36.8 Å². The average molecular weight is 373 g/mol. The first-order valence-corrected chi connectivity index (χ1v) is 9.80. The number of nitrogens with zero attached hydrogens (tertiary/aromatic N) is 2. The van der Waals surface area contributed by atoms with Gasteiger partial charge in [-0.15, -0.1) is 0 Å². The minimum Gasteiger partial charge on any atom is -0.493 e. The molecule has 0 aliphatic heterocycles. The summed E-state index contributed by atoms with van der Waals surface area (Å²) >= 11 is 0. The fourth-order valence-corrected chi connectivity index (χ4v) is 3.01. The largest absolute Gasteiger partial charge is 0.493 e. The van der Waals surface area contributed by atoms with E-state index in [-0.39, 0.29) is 5.69 Å². The van der Waals surface area contributed by atoms with Gasteiger partial charge in [-0.2, -0.15) is 0 Å². The number of imidazole rings is 1. The van der Waals surface area contributed by atoms with Gasteiger partial charge in [0.1, 0.15) is 11.4 Å². The summed E-state index contributed by atoms with van der Waals surface area (Å²) in [6, 6.07) is 8.12. The van der Waals surface area contributed by atoms with Gasteiger partial charge in [0, 0.05) is 12.7 Å². The number of hydrogen-bond donors (Lipinski definition) is 2. The molecule has 1 heterocycles. The number of benzene rings is 1. The van der Waals surface area contributed by atoms with Crippen LogP contribution in [0.3, 0.4) is 0 Å². The molecule has 2 aromatic rings. The van der Waals surface area contributed by atoms with E-state index in [0.717, 1.165) is 31.6 Å². The Kier molecular flexibility index (Phi) is 8.84. The minimum atomic E-state index is -0.561. The van der Waals surface area contributed by atoms with Crippen molar-refractivity contribution < 1.29 is 14.6 Å². The van der Waals surface area contributed by atoms with Gasteiger partial charge in [0.05, 0.1) is 19.0 Å². The molecule has 1 aromatic heterocycles. The zero-order valence-electron chi connectivity index (χ0n) is 16.1. The highest BCUT2D eigenvalue weighted by Crippen LogP contribution is 2.21. The number of aliphatic hydroxyl groups excluding tert-OH is 1. The van der Waals surface area contributed by atoms with Crippen molar-refractivity contribution in [2.75, 3.05) is 6.61 Å². The molecule has 0 aliphatic rings. The maximum Gasteiger partial charge on any atom is 0.268 e. The first-order valence-electron chi connectivity index (χ1n) is 9.80. The number of amides is 1. The quantitative estimate of drug-likeness (QED) is 0.527. The van der Waals surface area contributed by atoms with Crippen LogP contribution in [0.1, 0.15) is 61.5 Å². The molecule has 0 unspecified atom stereocenters. The SMILES string of the molecule is CCCCCCOc1ccccc1CCC[C@H](O)Cn1cnc(C(N)=O)c1. The number of ether oxygens (including phenoxy) is 1. The molecule has 6 nitrogen and oxygen atoms in total. The van der Waals surface area contributed by atoms with Gasteiger partial charge in [0.2, 0.25) is 0 Å². The third-order valence-electron chi connectivity index (χ3n) is 4.52. The highest BCUT2D eigenvalue weighted by Gasteiger charge is 2.10. The number of carbonyl (C=O) groups is 1. The summed E-state index contributed by atoms with van der Waals surface area (Å²) in [5.41, 5.74) is 6.58. The number of aryl methyl sites for hydroxylation is 1. The second-order valence-corrected chi connectivity index (χ2v) is 6.88. The molecule has 2 rings (SSSR count). The first kappa shape index (κ1) is 21.0. The van der Waals surface area contributed by atoms with E-state index in [1.54, 1.807) is 10.8 Å². The van der Waals surface area contributed by atoms with Crippen molar-refractivity contribution in [2.45, 2.75) is 64.5 Å². The number of rotatable bonds is 13. The van der Waals surface area contributed by atoms with E-state index in [4.69, 9.17) is 10.5 Å². The van der Waals surface area contributed by atoms with Crippen molar-refractivity contribution in [1.29, 1.82) is 0 Å². The standard InChI is InChI=1S/C21H31N3O3/c1-2-3-4-7-13-27-20-12-6-5-9-17(20)10-8-11-18(25)14-24-15-19(21(22)26)23-16-24/h5-6,9,12,15-16,18,25H,2-4,7-8,10-11,13-14H2,1H3,(H2,22,26)/t18-/m0/s1. The monoisotopic (exact) mass is 373 g/mol. The molecule has 6 heteroatoms. The molecule has 0 fully saturated rings. The predicted octanol–water partition coefficient (Wildman–Crippen LogP) is 3.32. The summed E-state index contributed by atoms with van der Waals surface area (Å²) in [5.74, 6) is 0.388. The third kappa shape index (κ3) is 7.43. The van der Waals surface area contributed by atoms with Gasteiger partial charge < -0.3 is 20.1 Å². The fourth-order valence-electron chi connectivity index (χ4n) is 3.01. The number of para-hydroxylation sites is 1.